The number of carbonyl (C=O) groups is 3. The smallest absolute Gasteiger partial charge is 0.407 e. The van der Waals surface area contributed by atoms with Gasteiger partial charge in [-0.3, -0.25) is 4.79 Å². The summed E-state index contributed by atoms with van der Waals surface area (Å²) in [5.41, 5.74) is 3.24. The molecule has 2 amide bonds. The van der Waals surface area contributed by atoms with Gasteiger partial charge >= 0.3 is 12.1 Å². The molecule has 7 heteroatoms. The Morgan fingerprint density at radius 1 is 1.03 bits per heavy atom. The molecule has 3 N–H and O–H groups in total. The number of carbonyl (C=O) groups excluding carboxylic acids is 2. The molecule has 2 aliphatic carbocycles. The second-order valence-electron chi connectivity index (χ2n) is 9.42. The maximum atomic E-state index is 13.1. The fourth-order valence-electron chi connectivity index (χ4n) is 5.15. The molecule has 0 aromatic heterocycles. The third-order valence-corrected chi connectivity index (χ3v) is 7.34. The molecule has 0 spiro atoms. The summed E-state index contributed by atoms with van der Waals surface area (Å²) in [6.07, 6.45) is 2.25. The first-order valence-electron chi connectivity index (χ1n) is 12.0. The van der Waals surface area contributed by atoms with Crippen LogP contribution in [0.25, 0.3) is 11.1 Å². The first kappa shape index (κ1) is 23.8. The van der Waals surface area contributed by atoms with Crippen LogP contribution in [0.1, 0.15) is 63.0 Å². The van der Waals surface area contributed by atoms with Gasteiger partial charge in [0.2, 0.25) is 5.91 Å². The van der Waals surface area contributed by atoms with Crippen LogP contribution in [0.2, 0.25) is 0 Å². The molecular formula is C27H32N2O5. The average molecular weight is 465 g/mol. The number of carboxylic acid groups (broad SMARTS) is 1. The molecule has 7 nitrogen and oxygen atoms in total. The minimum atomic E-state index is -1.26. The van der Waals surface area contributed by atoms with Crippen molar-refractivity contribution in [1.29, 1.82) is 0 Å². The number of aliphatic carboxylic acids is 1. The zero-order valence-corrected chi connectivity index (χ0v) is 19.7. The molecule has 1 unspecified atom stereocenters. The van der Waals surface area contributed by atoms with Gasteiger partial charge in [0, 0.05) is 5.92 Å². The lowest BCUT2D eigenvalue weighted by Crippen LogP contribution is -2.59. The second kappa shape index (κ2) is 9.87. The summed E-state index contributed by atoms with van der Waals surface area (Å²) in [6.45, 7) is 3.93. The number of rotatable bonds is 8. The molecule has 0 aliphatic heterocycles. The van der Waals surface area contributed by atoms with E-state index in [1.807, 2.05) is 50.2 Å². The van der Waals surface area contributed by atoms with Crippen LogP contribution >= 0.6 is 0 Å². The van der Waals surface area contributed by atoms with Crippen LogP contribution in [0.15, 0.2) is 48.5 Å². The molecule has 1 fully saturated rings. The third kappa shape index (κ3) is 4.52. The standard InChI is InChI=1S/C27H32N2O5/c1-3-17(2)23(24(30)29-27(25(31)32)14-8-9-15-27)28-26(33)34-16-22-20-12-6-4-10-18(20)19-11-5-7-13-21(19)22/h4-7,10-13,17,22-23H,3,8-9,14-16H2,1-2H3,(H,28,33)(H,29,30)(H,31,32)/t17?,23-/m0/s1. The summed E-state index contributed by atoms with van der Waals surface area (Å²) < 4.78 is 5.61. The van der Waals surface area contributed by atoms with Gasteiger partial charge in [0.25, 0.3) is 0 Å². The van der Waals surface area contributed by atoms with Gasteiger partial charge in [-0.25, -0.2) is 9.59 Å². The molecule has 0 saturated heterocycles. The highest BCUT2D eigenvalue weighted by Crippen LogP contribution is 2.44. The average Bonchev–Trinajstić information content (AvgIpc) is 3.44. The Bertz CT molecular complexity index is 1030. The van der Waals surface area contributed by atoms with Gasteiger partial charge in [-0.05, 0) is 41.0 Å². The molecule has 1 saturated carbocycles. The van der Waals surface area contributed by atoms with Crippen molar-refractivity contribution >= 4 is 18.0 Å². The molecule has 2 aromatic rings. The molecule has 4 rings (SSSR count). The Morgan fingerprint density at radius 3 is 2.12 bits per heavy atom. The van der Waals surface area contributed by atoms with Crippen molar-refractivity contribution in [2.45, 2.75) is 63.5 Å². The first-order valence-corrected chi connectivity index (χ1v) is 12.0. The molecule has 34 heavy (non-hydrogen) atoms. The van der Waals surface area contributed by atoms with Gasteiger partial charge in [0.15, 0.2) is 0 Å². The topological polar surface area (TPSA) is 105 Å². The van der Waals surface area contributed by atoms with E-state index in [1.165, 1.54) is 0 Å². The van der Waals surface area contributed by atoms with E-state index in [0.717, 1.165) is 35.1 Å². The monoisotopic (exact) mass is 464 g/mol. The van der Waals surface area contributed by atoms with Gasteiger partial charge < -0.3 is 20.5 Å². The minimum absolute atomic E-state index is 0.0807. The third-order valence-electron chi connectivity index (χ3n) is 7.34. The van der Waals surface area contributed by atoms with E-state index >= 15 is 0 Å². The summed E-state index contributed by atoms with van der Waals surface area (Å²) in [5.74, 6) is -1.77. The molecular weight excluding hydrogens is 432 g/mol. The fourth-order valence-corrected chi connectivity index (χ4v) is 5.15. The Kier molecular flexibility index (Phi) is 6.91. The van der Waals surface area contributed by atoms with Crippen molar-refractivity contribution in [2.75, 3.05) is 6.61 Å². The van der Waals surface area contributed by atoms with Gasteiger partial charge in [0.05, 0.1) is 0 Å². The normalized spacial score (nSPS) is 17.8. The zero-order valence-electron chi connectivity index (χ0n) is 19.7. The maximum absolute atomic E-state index is 13.1. The Morgan fingerprint density at radius 2 is 1.59 bits per heavy atom. The number of hydrogen-bond acceptors (Lipinski definition) is 4. The van der Waals surface area contributed by atoms with Crippen molar-refractivity contribution in [3.05, 3.63) is 59.7 Å². The summed E-state index contributed by atoms with van der Waals surface area (Å²) in [7, 11) is 0. The Hall–Kier alpha value is -3.35. The predicted molar refractivity (Wildman–Crippen MR) is 128 cm³/mol. The summed E-state index contributed by atoms with van der Waals surface area (Å²) in [4.78, 5) is 37.7. The van der Waals surface area contributed by atoms with Crippen molar-refractivity contribution in [3.8, 4) is 11.1 Å². The summed E-state index contributed by atoms with van der Waals surface area (Å²) in [6, 6.07) is 15.3. The number of fused-ring (bicyclic) bond motifs is 3. The van der Waals surface area contributed by atoms with E-state index in [4.69, 9.17) is 4.74 Å². The highest BCUT2D eigenvalue weighted by Gasteiger charge is 2.44. The quantitative estimate of drug-likeness (QED) is 0.535. The van der Waals surface area contributed by atoms with Crippen LogP contribution in [-0.4, -0.2) is 41.3 Å². The van der Waals surface area contributed by atoms with E-state index in [9.17, 15) is 19.5 Å². The maximum Gasteiger partial charge on any atom is 0.407 e. The number of ether oxygens (including phenoxy) is 1. The number of carboxylic acids is 1. The number of nitrogens with one attached hydrogen (secondary N) is 2. The highest BCUT2D eigenvalue weighted by atomic mass is 16.5. The lowest BCUT2D eigenvalue weighted by molar-refractivity contribution is -0.147. The molecule has 0 radical (unpaired) electrons. The molecule has 0 heterocycles. The van der Waals surface area contributed by atoms with Crippen LogP contribution < -0.4 is 10.6 Å². The van der Waals surface area contributed by atoms with E-state index < -0.39 is 29.6 Å². The molecule has 2 aliphatic rings. The van der Waals surface area contributed by atoms with Crippen molar-refractivity contribution in [3.63, 3.8) is 0 Å². The predicted octanol–water partition coefficient (Wildman–Crippen LogP) is 4.45. The van der Waals surface area contributed by atoms with E-state index in [1.54, 1.807) is 0 Å². The van der Waals surface area contributed by atoms with Crippen LogP contribution in [-0.2, 0) is 14.3 Å². The highest BCUT2D eigenvalue weighted by molar-refractivity contribution is 5.91. The van der Waals surface area contributed by atoms with Crippen LogP contribution in [0.5, 0.6) is 0 Å². The Labute approximate surface area is 199 Å². The largest absolute Gasteiger partial charge is 0.480 e. The van der Waals surface area contributed by atoms with Crippen molar-refractivity contribution < 1.29 is 24.2 Å². The number of amides is 2. The van der Waals surface area contributed by atoms with E-state index in [2.05, 4.69) is 22.8 Å². The molecule has 2 atom stereocenters. The number of alkyl carbamates (subject to hydrolysis) is 1. The lowest BCUT2D eigenvalue weighted by atomic mass is 9.94. The molecule has 2 aromatic carbocycles. The second-order valence-corrected chi connectivity index (χ2v) is 9.42. The lowest BCUT2D eigenvalue weighted by Gasteiger charge is -2.30. The van der Waals surface area contributed by atoms with Gasteiger partial charge in [-0.1, -0.05) is 81.6 Å². The zero-order chi connectivity index (χ0) is 24.3. The van der Waals surface area contributed by atoms with Gasteiger partial charge in [-0.2, -0.15) is 0 Å². The molecule has 0 bridgehead atoms. The summed E-state index contributed by atoms with van der Waals surface area (Å²) in [5, 5.41) is 15.1. The Balaban J connectivity index is 1.44. The summed E-state index contributed by atoms with van der Waals surface area (Å²) >= 11 is 0. The van der Waals surface area contributed by atoms with E-state index in [-0.39, 0.29) is 18.4 Å². The van der Waals surface area contributed by atoms with Gasteiger partial charge in [-0.15, -0.1) is 0 Å². The molecule has 180 valence electrons. The number of hydrogen-bond donors (Lipinski definition) is 3. The van der Waals surface area contributed by atoms with Crippen LogP contribution in [0, 0.1) is 5.92 Å². The van der Waals surface area contributed by atoms with Gasteiger partial charge in [0.1, 0.15) is 18.2 Å². The first-order chi connectivity index (χ1) is 16.4. The van der Waals surface area contributed by atoms with Crippen molar-refractivity contribution in [1.82, 2.24) is 10.6 Å². The SMILES string of the molecule is CCC(C)[C@H](NC(=O)OCC1c2ccccc2-c2ccccc21)C(=O)NC1(C(=O)O)CCCC1. The fraction of sp³-hybridized carbons (Fsp3) is 0.444. The van der Waals surface area contributed by atoms with Crippen LogP contribution in [0.3, 0.4) is 0 Å². The van der Waals surface area contributed by atoms with E-state index in [0.29, 0.717) is 19.3 Å². The van der Waals surface area contributed by atoms with Crippen LogP contribution in [0.4, 0.5) is 4.79 Å². The minimum Gasteiger partial charge on any atom is -0.480 e. The van der Waals surface area contributed by atoms with Crippen molar-refractivity contribution in [2.24, 2.45) is 5.92 Å². The number of benzene rings is 2.